The van der Waals surface area contributed by atoms with E-state index in [9.17, 15) is 9.59 Å². The van der Waals surface area contributed by atoms with Gasteiger partial charge in [0.25, 0.3) is 0 Å². The van der Waals surface area contributed by atoms with Crippen molar-refractivity contribution in [3.05, 3.63) is 11.4 Å². The van der Waals surface area contributed by atoms with Gasteiger partial charge in [0.05, 0.1) is 12.0 Å². The molecule has 1 heterocycles. The van der Waals surface area contributed by atoms with E-state index in [0.717, 1.165) is 0 Å². The lowest BCUT2D eigenvalue weighted by Crippen LogP contribution is -2.44. The molecule has 1 aliphatic heterocycles. The van der Waals surface area contributed by atoms with Gasteiger partial charge in [-0.3, -0.25) is 9.69 Å². The van der Waals surface area contributed by atoms with Gasteiger partial charge in [0.2, 0.25) is 5.91 Å². The molecule has 0 aromatic carbocycles. The maximum Gasteiger partial charge on any atom is 0.335 e. The normalized spacial score (nSPS) is 17.9. The first kappa shape index (κ1) is 10.6. The van der Waals surface area contributed by atoms with Crippen molar-refractivity contribution in [1.29, 1.82) is 0 Å². The lowest BCUT2D eigenvalue weighted by Gasteiger charge is -2.32. The molecule has 0 unspecified atom stereocenters. The van der Waals surface area contributed by atoms with E-state index in [2.05, 4.69) is 0 Å². The minimum Gasteiger partial charge on any atom is -0.478 e. The zero-order valence-corrected chi connectivity index (χ0v) is 8.50. The second-order valence-electron chi connectivity index (χ2n) is 4.25. The van der Waals surface area contributed by atoms with E-state index in [4.69, 9.17) is 10.8 Å². The summed E-state index contributed by atoms with van der Waals surface area (Å²) in [7, 11) is 0. The molecule has 0 saturated carbocycles. The molecule has 1 rings (SSSR count). The van der Waals surface area contributed by atoms with Crippen LogP contribution in [0.1, 0.15) is 27.2 Å². The summed E-state index contributed by atoms with van der Waals surface area (Å²) in [5.41, 5.74) is 5.12. The summed E-state index contributed by atoms with van der Waals surface area (Å²) in [5, 5.41) is 8.77. The second-order valence-corrected chi connectivity index (χ2v) is 4.25. The van der Waals surface area contributed by atoms with Gasteiger partial charge in [-0.15, -0.1) is 0 Å². The molecule has 0 aromatic heterocycles. The highest BCUT2D eigenvalue weighted by Gasteiger charge is 2.38. The van der Waals surface area contributed by atoms with Crippen molar-refractivity contribution in [2.24, 2.45) is 5.73 Å². The van der Waals surface area contributed by atoms with E-state index in [1.807, 2.05) is 20.8 Å². The molecule has 1 amide bonds. The SMILES string of the molecule is CC(C)(C)N1C(=O)CC(C(=O)O)=C1N. The van der Waals surface area contributed by atoms with E-state index in [-0.39, 0.29) is 23.7 Å². The third kappa shape index (κ3) is 1.57. The Balaban J connectivity index is 3.11. The third-order valence-corrected chi connectivity index (χ3v) is 2.06. The van der Waals surface area contributed by atoms with E-state index in [1.54, 1.807) is 0 Å². The van der Waals surface area contributed by atoms with Crippen molar-refractivity contribution < 1.29 is 14.7 Å². The summed E-state index contributed by atoms with van der Waals surface area (Å²) < 4.78 is 0. The van der Waals surface area contributed by atoms with E-state index < -0.39 is 11.5 Å². The number of carboxylic acids is 1. The number of hydrogen-bond acceptors (Lipinski definition) is 3. The number of carbonyl (C=O) groups is 2. The molecule has 0 spiro atoms. The molecule has 5 nitrogen and oxygen atoms in total. The van der Waals surface area contributed by atoms with Gasteiger partial charge >= 0.3 is 5.97 Å². The van der Waals surface area contributed by atoms with E-state index in [1.165, 1.54) is 4.90 Å². The summed E-state index contributed by atoms with van der Waals surface area (Å²) in [4.78, 5) is 23.5. The van der Waals surface area contributed by atoms with Gasteiger partial charge in [-0.25, -0.2) is 4.79 Å². The molecular weight excluding hydrogens is 184 g/mol. The Labute approximate surface area is 82.2 Å². The van der Waals surface area contributed by atoms with Crippen molar-refractivity contribution in [2.75, 3.05) is 0 Å². The van der Waals surface area contributed by atoms with Crippen LogP contribution in [0.15, 0.2) is 11.4 Å². The highest BCUT2D eigenvalue weighted by Crippen LogP contribution is 2.28. The molecule has 3 N–H and O–H groups in total. The highest BCUT2D eigenvalue weighted by atomic mass is 16.4. The van der Waals surface area contributed by atoms with Gasteiger partial charge in [-0.05, 0) is 20.8 Å². The maximum absolute atomic E-state index is 11.5. The predicted octanol–water partition coefficient (Wildman–Crippen LogP) is 0.272. The quantitative estimate of drug-likeness (QED) is 0.633. The van der Waals surface area contributed by atoms with Crippen LogP contribution in [-0.4, -0.2) is 27.4 Å². The Hall–Kier alpha value is -1.52. The third-order valence-electron chi connectivity index (χ3n) is 2.06. The fourth-order valence-corrected chi connectivity index (χ4v) is 1.51. The van der Waals surface area contributed by atoms with E-state index in [0.29, 0.717) is 0 Å². The van der Waals surface area contributed by atoms with Crippen molar-refractivity contribution >= 4 is 11.9 Å². The first-order chi connectivity index (χ1) is 6.25. The van der Waals surface area contributed by atoms with Crippen LogP contribution in [0.2, 0.25) is 0 Å². The van der Waals surface area contributed by atoms with E-state index >= 15 is 0 Å². The van der Waals surface area contributed by atoms with Crippen LogP contribution in [0.3, 0.4) is 0 Å². The second kappa shape index (κ2) is 3.01. The van der Waals surface area contributed by atoms with Gasteiger partial charge < -0.3 is 10.8 Å². The zero-order valence-electron chi connectivity index (χ0n) is 8.50. The fraction of sp³-hybridized carbons (Fsp3) is 0.556. The molecule has 0 fully saturated rings. The van der Waals surface area contributed by atoms with Crippen LogP contribution in [0.25, 0.3) is 0 Å². The Bertz CT molecular complexity index is 325. The Morgan fingerprint density at radius 2 is 2.00 bits per heavy atom. The summed E-state index contributed by atoms with van der Waals surface area (Å²) in [6.07, 6.45) is -0.113. The number of nitrogens with two attached hydrogens (primary N) is 1. The highest BCUT2D eigenvalue weighted by molar-refractivity contribution is 5.99. The van der Waals surface area contributed by atoms with Crippen LogP contribution in [0.5, 0.6) is 0 Å². The lowest BCUT2D eigenvalue weighted by molar-refractivity contribution is -0.134. The van der Waals surface area contributed by atoms with Crippen molar-refractivity contribution in [1.82, 2.24) is 4.90 Å². The lowest BCUT2D eigenvalue weighted by atomic mass is 10.1. The Morgan fingerprint density at radius 3 is 2.21 bits per heavy atom. The molecule has 0 aliphatic carbocycles. The van der Waals surface area contributed by atoms with Gasteiger partial charge in [-0.2, -0.15) is 0 Å². The molecule has 0 saturated heterocycles. The first-order valence-electron chi connectivity index (χ1n) is 4.30. The van der Waals surface area contributed by atoms with Gasteiger partial charge in [0.15, 0.2) is 0 Å². The van der Waals surface area contributed by atoms with Gasteiger partial charge in [-0.1, -0.05) is 0 Å². The molecule has 14 heavy (non-hydrogen) atoms. The molecule has 0 aromatic rings. The standard InChI is InChI=1S/C9H14N2O3/c1-9(2,3)11-6(12)4-5(7(11)10)8(13)14/h4,10H2,1-3H3,(H,13,14). The topological polar surface area (TPSA) is 83.6 Å². The average molecular weight is 198 g/mol. The number of hydrogen-bond donors (Lipinski definition) is 2. The number of carboxylic acid groups (broad SMARTS) is 1. The molecule has 1 aliphatic rings. The minimum absolute atomic E-state index is 0.00933. The molecule has 0 radical (unpaired) electrons. The van der Waals surface area contributed by atoms with Crippen LogP contribution in [0.4, 0.5) is 0 Å². The van der Waals surface area contributed by atoms with Crippen molar-refractivity contribution in [3.63, 3.8) is 0 Å². The number of aliphatic carboxylic acids is 1. The Morgan fingerprint density at radius 1 is 1.50 bits per heavy atom. The summed E-state index contributed by atoms with van der Waals surface area (Å²) in [6, 6.07) is 0. The molecule has 5 heteroatoms. The van der Waals surface area contributed by atoms with Crippen LogP contribution in [0, 0.1) is 0 Å². The predicted molar refractivity (Wildman–Crippen MR) is 50.1 cm³/mol. The smallest absolute Gasteiger partial charge is 0.335 e. The van der Waals surface area contributed by atoms with Crippen molar-refractivity contribution in [3.8, 4) is 0 Å². The summed E-state index contributed by atoms with van der Waals surface area (Å²) >= 11 is 0. The summed E-state index contributed by atoms with van der Waals surface area (Å²) in [6.45, 7) is 5.42. The molecular formula is C9H14N2O3. The summed E-state index contributed by atoms with van der Waals surface area (Å²) in [5.74, 6) is -1.31. The monoisotopic (exact) mass is 198 g/mol. The molecule has 0 bridgehead atoms. The maximum atomic E-state index is 11.5. The Kier molecular flexibility index (Phi) is 2.27. The fourth-order valence-electron chi connectivity index (χ4n) is 1.51. The number of carbonyl (C=O) groups excluding carboxylic acids is 1. The largest absolute Gasteiger partial charge is 0.478 e. The van der Waals surface area contributed by atoms with Crippen LogP contribution in [-0.2, 0) is 9.59 Å². The number of nitrogens with zero attached hydrogens (tertiary/aromatic N) is 1. The number of rotatable bonds is 1. The molecule has 0 atom stereocenters. The average Bonchev–Trinajstić information content (AvgIpc) is 2.24. The molecule has 78 valence electrons. The number of amides is 1. The van der Waals surface area contributed by atoms with Crippen molar-refractivity contribution in [2.45, 2.75) is 32.7 Å². The van der Waals surface area contributed by atoms with Gasteiger partial charge in [0, 0.05) is 5.54 Å². The van der Waals surface area contributed by atoms with Gasteiger partial charge in [0.1, 0.15) is 5.82 Å². The zero-order chi connectivity index (χ0) is 11.1. The first-order valence-corrected chi connectivity index (χ1v) is 4.30. The minimum atomic E-state index is -1.12. The van der Waals surface area contributed by atoms with Crippen LogP contribution < -0.4 is 5.73 Å². The van der Waals surface area contributed by atoms with Crippen LogP contribution >= 0.6 is 0 Å².